The first-order valence-corrected chi connectivity index (χ1v) is 10.1. The van der Waals surface area contributed by atoms with Gasteiger partial charge in [-0.3, -0.25) is 19.4 Å². The summed E-state index contributed by atoms with van der Waals surface area (Å²) in [6, 6.07) is 3.43. The van der Waals surface area contributed by atoms with E-state index in [1.54, 1.807) is 4.90 Å². The predicted molar refractivity (Wildman–Crippen MR) is 96.7 cm³/mol. The van der Waals surface area contributed by atoms with Gasteiger partial charge in [0.05, 0.1) is 21.6 Å². The van der Waals surface area contributed by atoms with Crippen LogP contribution in [0.3, 0.4) is 0 Å². The summed E-state index contributed by atoms with van der Waals surface area (Å²) in [4.78, 5) is 38.7. The Kier molecular flexibility index (Phi) is 5.46. The highest BCUT2D eigenvalue weighted by Crippen LogP contribution is 2.27. The molecule has 3 rings (SSSR count). The number of carbonyl (C=O) groups excluding carboxylic acids is 3. The van der Waals surface area contributed by atoms with Crippen molar-refractivity contribution in [1.29, 1.82) is 0 Å². The fourth-order valence-electron chi connectivity index (χ4n) is 2.84. The van der Waals surface area contributed by atoms with Crippen LogP contribution < -0.4 is 0 Å². The van der Waals surface area contributed by atoms with E-state index in [1.807, 2.05) is 0 Å². The maximum absolute atomic E-state index is 12.7. The molecule has 0 aliphatic carbocycles. The third-order valence-corrected chi connectivity index (χ3v) is 7.09. The Morgan fingerprint density at radius 2 is 1.59 bits per heavy atom. The first-order chi connectivity index (χ1) is 12.6. The highest BCUT2D eigenvalue weighted by molar-refractivity contribution is 7.89. The number of halogens is 2. The lowest BCUT2D eigenvalue weighted by molar-refractivity contribution is -0.143. The van der Waals surface area contributed by atoms with Crippen LogP contribution in [0, 0.1) is 0 Å². The van der Waals surface area contributed by atoms with Gasteiger partial charge in [0.2, 0.25) is 10.0 Å². The van der Waals surface area contributed by atoms with Crippen molar-refractivity contribution in [3.8, 4) is 0 Å². The molecule has 0 saturated carbocycles. The van der Waals surface area contributed by atoms with Crippen LogP contribution in [0.1, 0.15) is 0 Å². The van der Waals surface area contributed by atoms with E-state index >= 15 is 0 Å². The minimum absolute atomic E-state index is 0.0440. The van der Waals surface area contributed by atoms with Gasteiger partial charge in [0, 0.05) is 33.2 Å². The Hall–Kier alpha value is -1.72. The maximum Gasteiger partial charge on any atom is 0.335 e. The van der Waals surface area contributed by atoms with Crippen LogP contribution in [0.2, 0.25) is 10.0 Å². The van der Waals surface area contributed by atoms with Crippen molar-refractivity contribution in [2.45, 2.75) is 4.90 Å². The van der Waals surface area contributed by atoms with Gasteiger partial charge in [-0.15, -0.1) is 0 Å². The topological polar surface area (TPSA) is 98.3 Å². The molecule has 0 aromatic heterocycles. The van der Waals surface area contributed by atoms with E-state index in [0.717, 1.165) is 9.80 Å². The summed E-state index contributed by atoms with van der Waals surface area (Å²) in [5, 5.41) is 0.413. The lowest BCUT2D eigenvalue weighted by Crippen LogP contribution is -2.52. The molecule has 0 bridgehead atoms. The molecule has 2 fully saturated rings. The Bertz CT molecular complexity index is 915. The number of rotatable bonds is 4. The van der Waals surface area contributed by atoms with E-state index in [-0.39, 0.29) is 34.7 Å². The lowest BCUT2D eigenvalue weighted by atomic mass is 10.4. The monoisotopic (exact) mass is 434 g/mol. The quantitative estimate of drug-likeness (QED) is 0.510. The molecule has 146 valence electrons. The first-order valence-electron chi connectivity index (χ1n) is 7.94. The predicted octanol–water partition coefficient (Wildman–Crippen LogP) is 0.678. The average molecular weight is 435 g/mol. The van der Waals surface area contributed by atoms with Crippen LogP contribution in [-0.4, -0.2) is 85.2 Å². The number of likely N-dealkylation sites (N-methyl/N-ethyl adjacent to an activating group) is 1. The van der Waals surface area contributed by atoms with E-state index in [0.29, 0.717) is 13.1 Å². The van der Waals surface area contributed by atoms with Gasteiger partial charge in [-0.1, -0.05) is 23.2 Å². The van der Waals surface area contributed by atoms with Crippen LogP contribution in [-0.2, 0) is 19.6 Å². The van der Waals surface area contributed by atoms with E-state index in [1.165, 1.54) is 29.6 Å². The number of hydrogen-bond donors (Lipinski definition) is 0. The SMILES string of the molecule is CN1C(=O)C(=O)N(CN2CCN(S(=O)(=O)c3ccc(Cl)c(Cl)c3)CC2)C1=O. The van der Waals surface area contributed by atoms with Crippen molar-refractivity contribution in [2.24, 2.45) is 0 Å². The van der Waals surface area contributed by atoms with Crippen LogP contribution in [0.5, 0.6) is 0 Å². The second-order valence-electron chi connectivity index (χ2n) is 6.12. The van der Waals surface area contributed by atoms with Crippen LogP contribution in [0.15, 0.2) is 23.1 Å². The molecule has 2 heterocycles. The zero-order valence-electron chi connectivity index (χ0n) is 14.3. The average Bonchev–Trinajstić information content (AvgIpc) is 2.82. The van der Waals surface area contributed by atoms with Crippen molar-refractivity contribution < 1.29 is 22.8 Å². The molecule has 0 spiro atoms. The van der Waals surface area contributed by atoms with Crippen molar-refractivity contribution >= 4 is 51.1 Å². The highest BCUT2D eigenvalue weighted by atomic mass is 35.5. The molecule has 0 atom stereocenters. The van der Waals surface area contributed by atoms with Crippen LogP contribution >= 0.6 is 23.2 Å². The van der Waals surface area contributed by atoms with E-state index < -0.39 is 27.9 Å². The van der Waals surface area contributed by atoms with Crippen molar-refractivity contribution in [1.82, 2.24) is 19.0 Å². The maximum atomic E-state index is 12.7. The summed E-state index contributed by atoms with van der Waals surface area (Å²) in [5.41, 5.74) is 0. The molecule has 2 saturated heterocycles. The summed E-state index contributed by atoms with van der Waals surface area (Å²) in [6.45, 7) is 0.880. The Balaban J connectivity index is 1.65. The Morgan fingerprint density at radius 3 is 2.11 bits per heavy atom. The molecule has 0 radical (unpaired) electrons. The number of benzene rings is 1. The Morgan fingerprint density at radius 1 is 0.963 bits per heavy atom. The molecule has 0 N–H and O–H groups in total. The van der Waals surface area contributed by atoms with E-state index in [2.05, 4.69) is 0 Å². The molecule has 12 heteroatoms. The largest absolute Gasteiger partial charge is 0.335 e. The second-order valence-corrected chi connectivity index (χ2v) is 8.87. The number of imide groups is 2. The fourth-order valence-corrected chi connectivity index (χ4v) is 4.65. The summed E-state index contributed by atoms with van der Waals surface area (Å²) in [5.74, 6) is -1.76. The number of urea groups is 1. The highest BCUT2D eigenvalue weighted by Gasteiger charge is 2.43. The van der Waals surface area contributed by atoms with Gasteiger partial charge in [0.15, 0.2) is 0 Å². The molecule has 0 unspecified atom stereocenters. The molecule has 2 aliphatic rings. The zero-order valence-corrected chi connectivity index (χ0v) is 16.6. The number of piperazine rings is 1. The third kappa shape index (κ3) is 3.67. The van der Waals surface area contributed by atoms with Gasteiger partial charge in [-0.25, -0.2) is 18.1 Å². The van der Waals surface area contributed by atoms with E-state index in [4.69, 9.17) is 23.2 Å². The third-order valence-electron chi connectivity index (χ3n) is 4.45. The minimum Gasteiger partial charge on any atom is -0.283 e. The molecule has 9 nitrogen and oxygen atoms in total. The second kappa shape index (κ2) is 7.36. The van der Waals surface area contributed by atoms with Gasteiger partial charge in [0.25, 0.3) is 0 Å². The van der Waals surface area contributed by atoms with Crippen LogP contribution in [0.25, 0.3) is 0 Å². The molecular weight excluding hydrogens is 419 g/mol. The number of hydrogen-bond acceptors (Lipinski definition) is 6. The zero-order chi connectivity index (χ0) is 19.9. The molecule has 27 heavy (non-hydrogen) atoms. The van der Waals surface area contributed by atoms with Crippen molar-refractivity contribution in [3.63, 3.8) is 0 Å². The van der Waals surface area contributed by atoms with Gasteiger partial charge in [-0.2, -0.15) is 4.31 Å². The summed E-state index contributed by atoms with van der Waals surface area (Å²) in [7, 11) is -2.50. The van der Waals surface area contributed by atoms with Gasteiger partial charge >= 0.3 is 17.8 Å². The first kappa shape index (κ1) is 20.0. The molecule has 1 aromatic rings. The van der Waals surface area contributed by atoms with Crippen LogP contribution in [0.4, 0.5) is 4.79 Å². The number of nitrogens with zero attached hydrogens (tertiary/aromatic N) is 4. The number of carbonyl (C=O) groups is 3. The smallest absolute Gasteiger partial charge is 0.283 e. The van der Waals surface area contributed by atoms with Gasteiger partial charge < -0.3 is 0 Å². The minimum atomic E-state index is -3.74. The molecule has 2 aliphatic heterocycles. The van der Waals surface area contributed by atoms with Crippen molar-refractivity contribution in [3.05, 3.63) is 28.2 Å². The molecular formula is C15H16Cl2N4O5S. The molecule has 1 aromatic carbocycles. The fraction of sp³-hybridized carbons (Fsp3) is 0.400. The Labute approximate surface area is 166 Å². The lowest BCUT2D eigenvalue weighted by Gasteiger charge is -2.35. The van der Waals surface area contributed by atoms with Crippen molar-refractivity contribution in [2.75, 3.05) is 39.9 Å². The normalized spacial score (nSPS) is 20.0. The molecule has 4 amide bonds. The summed E-state index contributed by atoms with van der Waals surface area (Å²) >= 11 is 11.7. The van der Waals surface area contributed by atoms with E-state index in [9.17, 15) is 22.8 Å². The summed E-state index contributed by atoms with van der Waals surface area (Å²) < 4.78 is 26.8. The summed E-state index contributed by atoms with van der Waals surface area (Å²) in [6.07, 6.45) is 0. The standard InChI is InChI=1S/C15H16Cl2N4O5S/c1-18-13(22)14(23)21(15(18)24)9-19-4-6-20(7-5-19)27(25,26)10-2-3-11(16)12(17)8-10/h2-3,8H,4-7,9H2,1H3. The van der Waals surface area contributed by atoms with Gasteiger partial charge in [-0.05, 0) is 18.2 Å². The number of amides is 4. The van der Waals surface area contributed by atoms with Gasteiger partial charge in [0.1, 0.15) is 0 Å². The number of sulfonamides is 1.